The fourth-order valence-electron chi connectivity index (χ4n) is 2.02. The Balaban J connectivity index is 2.22. The molecule has 0 amide bonds. The predicted octanol–water partition coefficient (Wildman–Crippen LogP) is 2.73. The van der Waals surface area contributed by atoms with E-state index in [4.69, 9.17) is 9.31 Å². The number of hydrogen-bond donors (Lipinski definition) is 1. The van der Waals surface area contributed by atoms with E-state index in [0.717, 1.165) is 5.56 Å². The molecule has 112 valence electrons. The summed E-state index contributed by atoms with van der Waals surface area (Å²) in [5, 5.41) is 9.21. The maximum Gasteiger partial charge on any atom is 0.487 e. The van der Waals surface area contributed by atoms with Gasteiger partial charge in [0.25, 0.3) is 0 Å². The van der Waals surface area contributed by atoms with E-state index < -0.39 is 24.3 Å². The molecular formula is C15H20BNO4. The fraction of sp³-hybridized carbons (Fsp3) is 0.467. The fourth-order valence-corrected chi connectivity index (χ4v) is 2.02. The van der Waals surface area contributed by atoms with Crippen molar-refractivity contribution in [3.63, 3.8) is 0 Å². The molecule has 2 rings (SSSR count). The van der Waals surface area contributed by atoms with Gasteiger partial charge in [-0.1, -0.05) is 5.98 Å². The molecule has 1 N–H and O–H groups in total. The molecular weight excluding hydrogens is 269 g/mol. The second-order valence-corrected chi connectivity index (χ2v) is 6.23. The molecule has 0 saturated carbocycles. The van der Waals surface area contributed by atoms with Gasteiger partial charge in [-0.05, 0) is 52.3 Å². The molecule has 0 spiro atoms. The molecule has 1 aliphatic rings. The lowest BCUT2D eigenvalue weighted by molar-refractivity contribution is 0.00578. The zero-order valence-electron chi connectivity index (χ0n) is 13.0. The molecule has 0 atom stereocenters. The van der Waals surface area contributed by atoms with Gasteiger partial charge in [0.05, 0.1) is 22.5 Å². The summed E-state index contributed by atoms with van der Waals surface area (Å²) in [5.41, 5.74) is 0.530. The van der Waals surface area contributed by atoms with Crippen molar-refractivity contribution in [1.82, 2.24) is 4.98 Å². The summed E-state index contributed by atoms with van der Waals surface area (Å²) in [4.78, 5) is 15.4. The lowest BCUT2D eigenvalue weighted by atomic mass is 9.89. The van der Waals surface area contributed by atoms with Crippen LogP contribution in [0.25, 0.3) is 6.08 Å². The molecule has 1 fully saturated rings. The lowest BCUT2D eigenvalue weighted by Gasteiger charge is -2.32. The maximum atomic E-state index is 11.2. The quantitative estimate of drug-likeness (QED) is 0.866. The number of pyridine rings is 1. The Bertz CT molecular complexity index is 579. The average molecular weight is 289 g/mol. The van der Waals surface area contributed by atoms with E-state index in [1.54, 1.807) is 31.2 Å². The number of carboxylic acid groups (broad SMARTS) is 1. The van der Waals surface area contributed by atoms with Gasteiger partial charge in [-0.3, -0.25) is 4.98 Å². The van der Waals surface area contributed by atoms with Crippen LogP contribution in [0.2, 0.25) is 0 Å². The van der Waals surface area contributed by atoms with Gasteiger partial charge in [-0.2, -0.15) is 0 Å². The zero-order chi connectivity index (χ0) is 15.8. The highest BCUT2D eigenvalue weighted by molar-refractivity contribution is 6.52. The lowest BCUT2D eigenvalue weighted by Crippen LogP contribution is -2.41. The monoisotopic (exact) mass is 289 g/mol. The van der Waals surface area contributed by atoms with Crippen LogP contribution in [0.1, 0.15) is 49.3 Å². The number of aromatic nitrogens is 1. The Labute approximate surface area is 125 Å². The van der Waals surface area contributed by atoms with Crippen LogP contribution in [-0.2, 0) is 9.31 Å². The number of hydrogen-bond acceptors (Lipinski definition) is 4. The largest absolute Gasteiger partial charge is 0.487 e. The molecule has 0 bridgehead atoms. The maximum absolute atomic E-state index is 11.2. The van der Waals surface area contributed by atoms with Gasteiger partial charge in [0.15, 0.2) is 0 Å². The molecule has 0 radical (unpaired) electrons. The normalized spacial score (nSPS) is 20.1. The number of aromatic carboxylic acids is 1. The molecule has 0 aliphatic carbocycles. The smallest absolute Gasteiger partial charge is 0.478 e. The molecule has 21 heavy (non-hydrogen) atoms. The number of aryl methyl sites for hydroxylation is 1. The van der Waals surface area contributed by atoms with Gasteiger partial charge >= 0.3 is 13.1 Å². The first-order valence-corrected chi connectivity index (χ1v) is 6.86. The Kier molecular flexibility index (Phi) is 3.95. The van der Waals surface area contributed by atoms with Crippen molar-refractivity contribution in [1.29, 1.82) is 0 Å². The van der Waals surface area contributed by atoms with Gasteiger partial charge in [-0.25, -0.2) is 4.79 Å². The minimum absolute atomic E-state index is 0.169. The molecule has 1 aliphatic heterocycles. The minimum Gasteiger partial charge on any atom is -0.478 e. The summed E-state index contributed by atoms with van der Waals surface area (Å²) in [6, 6.07) is 1.60. The number of carboxylic acids is 1. The summed E-state index contributed by atoms with van der Waals surface area (Å²) in [6.45, 7) is 9.67. The van der Waals surface area contributed by atoms with Crippen LogP contribution >= 0.6 is 0 Å². The second kappa shape index (κ2) is 5.28. The van der Waals surface area contributed by atoms with Crippen LogP contribution in [0.15, 0.2) is 18.2 Å². The number of rotatable bonds is 3. The molecule has 0 aromatic carbocycles. The number of nitrogens with zero attached hydrogens (tertiary/aromatic N) is 1. The molecule has 1 aromatic heterocycles. The minimum atomic E-state index is -1.00. The highest BCUT2D eigenvalue weighted by Gasteiger charge is 2.50. The van der Waals surface area contributed by atoms with Crippen LogP contribution in [0.5, 0.6) is 0 Å². The van der Waals surface area contributed by atoms with Gasteiger partial charge in [0, 0.05) is 6.20 Å². The average Bonchev–Trinajstić information content (AvgIpc) is 2.56. The van der Waals surface area contributed by atoms with E-state index in [9.17, 15) is 9.90 Å². The van der Waals surface area contributed by atoms with Crippen molar-refractivity contribution >= 4 is 19.2 Å². The first-order chi connectivity index (χ1) is 9.62. The Morgan fingerprint density at radius 2 is 1.86 bits per heavy atom. The molecule has 0 unspecified atom stereocenters. The van der Waals surface area contributed by atoms with Gasteiger partial charge in [0.1, 0.15) is 0 Å². The van der Waals surface area contributed by atoms with Crippen LogP contribution < -0.4 is 0 Å². The number of carbonyl (C=O) groups is 1. The third kappa shape index (κ3) is 3.17. The Hall–Kier alpha value is -1.66. The summed E-state index contributed by atoms with van der Waals surface area (Å²) in [5.74, 6) is 0.695. The van der Waals surface area contributed by atoms with Gasteiger partial charge < -0.3 is 14.4 Å². The predicted molar refractivity (Wildman–Crippen MR) is 81.0 cm³/mol. The summed E-state index contributed by atoms with van der Waals surface area (Å²) in [7, 11) is -0.514. The van der Waals surface area contributed by atoms with E-state index in [1.165, 1.54) is 0 Å². The van der Waals surface area contributed by atoms with Gasteiger partial charge in [-0.15, -0.1) is 0 Å². The summed E-state index contributed by atoms with van der Waals surface area (Å²) < 4.78 is 11.7. The van der Waals surface area contributed by atoms with Crippen molar-refractivity contribution in [2.45, 2.75) is 45.8 Å². The van der Waals surface area contributed by atoms with Gasteiger partial charge in [0.2, 0.25) is 0 Å². The SMILES string of the molecule is Cc1cnc(/C=C/B2OC(C)(C)C(C)(C)O2)c(C(=O)O)c1. The first kappa shape index (κ1) is 15.7. The topological polar surface area (TPSA) is 68.7 Å². The van der Waals surface area contributed by atoms with E-state index in [0.29, 0.717) is 5.69 Å². The third-order valence-electron chi connectivity index (χ3n) is 3.97. The Morgan fingerprint density at radius 1 is 1.29 bits per heavy atom. The standard InChI is InChI=1S/C15H20BNO4/c1-10-8-11(13(18)19)12(17-9-10)6-7-16-20-14(2,3)15(4,5)21-16/h6-9H,1-5H3,(H,18,19)/b7-6+. The summed E-state index contributed by atoms with van der Waals surface area (Å²) in [6.07, 6.45) is 3.27. The van der Waals surface area contributed by atoms with Crippen LogP contribution in [0.3, 0.4) is 0 Å². The van der Waals surface area contributed by atoms with E-state index >= 15 is 0 Å². The Morgan fingerprint density at radius 3 is 2.38 bits per heavy atom. The molecule has 5 nitrogen and oxygen atoms in total. The molecule has 1 aromatic rings. The summed E-state index contributed by atoms with van der Waals surface area (Å²) >= 11 is 0. The van der Waals surface area contributed by atoms with Crippen LogP contribution in [0, 0.1) is 6.92 Å². The van der Waals surface area contributed by atoms with Crippen molar-refractivity contribution in [3.05, 3.63) is 35.1 Å². The second-order valence-electron chi connectivity index (χ2n) is 6.23. The molecule has 6 heteroatoms. The zero-order valence-corrected chi connectivity index (χ0v) is 13.0. The van der Waals surface area contributed by atoms with Crippen molar-refractivity contribution in [2.24, 2.45) is 0 Å². The highest BCUT2D eigenvalue weighted by atomic mass is 16.7. The highest BCUT2D eigenvalue weighted by Crippen LogP contribution is 2.37. The van der Waals surface area contributed by atoms with Crippen LogP contribution in [-0.4, -0.2) is 34.4 Å². The van der Waals surface area contributed by atoms with Crippen molar-refractivity contribution in [2.75, 3.05) is 0 Å². The molecule has 1 saturated heterocycles. The van der Waals surface area contributed by atoms with E-state index in [2.05, 4.69) is 4.98 Å². The van der Waals surface area contributed by atoms with Crippen LogP contribution in [0.4, 0.5) is 0 Å². The van der Waals surface area contributed by atoms with Crippen molar-refractivity contribution < 1.29 is 19.2 Å². The molecule has 2 heterocycles. The van der Waals surface area contributed by atoms with E-state index in [1.807, 2.05) is 27.7 Å². The first-order valence-electron chi connectivity index (χ1n) is 6.86. The van der Waals surface area contributed by atoms with E-state index in [-0.39, 0.29) is 5.56 Å². The van der Waals surface area contributed by atoms with Crippen molar-refractivity contribution in [3.8, 4) is 0 Å². The third-order valence-corrected chi connectivity index (χ3v) is 3.97.